The van der Waals surface area contributed by atoms with Gasteiger partial charge in [0.25, 0.3) is 10.1 Å². The molecular weight excluding hydrogens is 392 g/mol. The van der Waals surface area contributed by atoms with Crippen molar-refractivity contribution in [1.29, 1.82) is 0 Å². The highest BCUT2D eigenvalue weighted by atomic mass is 32.2. The SMILES string of the molecule is O=S(=O)(O)c1cc2ccc1CCc1ccc(c(-c3ccc4ccccc4c3)c1)CC2. The third-order valence-corrected chi connectivity index (χ3v) is 6.95. The van der Waals surface area contributed by atoms with Crippen LogP contribution in [0.3, 0.4) is 0 Å². The summed E-state index contributed by atoms with van der Waals surface area (Å²) in [7, 11) is -4.23. The van der Waals surface area contributed by atoms with Gasteiger partial charge in [-0.15, -0.1) is 0 Å². The fourth-order valence-corrected chi connectivity index (χ4v) is 5.18. The minimum atomic E-state index is -4.23. The fourth-order valence-electron chi connectivity index (χ4n) is 4.38. The summed E-state index contributed by atoms with van der Waals surface area (Å²) in [5, 5.41) is 2.45. The average Bonchev–Trinajstić information content (AvgIpc) is 2.74. The summed E-state index contributed by atoms with van der Waals surface area (Å²) in [6.45, 7) is 0. The molecule has 0 heterocycles. The molecule has 8 rings (SSSR count). The summed E-state index contributed by atoms with van der Waals surface area (Å²) in [5.41, 5.74) is 6.43. The van der Waals surface area contributed by atoms with E-state index in [-0.39, 0.29) is 4.90 Å². The van der Waals surface area contributed by atoms with E-state index >= 15 is 0 Å². The first-order valence-corrected chi connectivity index (χ1v) is 11.6. The third-order valence-electron chi connectivity index (χ3n) is 6.01. The Morgan fingerprint density at radius 3 is 2.07 bits per heavy atom. The number of rotatable bonds is 2. The summed E-state index contributed by atoms with van der Waals surface area (Å²) in [4.78, 5) is 0.0461. The van der Waals surface area contributed by atoms with Crippen LogP contribution < -0.4 is 0 Å². The van der Waals surface area contributed by atoms with Crippen LogP contribution in [0, 0.1) is 0 Å². The molecule has 0 fully saturated rings. The molecule has 4 aliphatic carbocycles. The molecule has 0 saturated heterocycles. The van der Waals surface area contributed by atoms with Crippen LogP contribution in [0.1, 0.15) is 22.3 Å². The fraction of sp³-hybridized carbons (Fsp3) is 0.154. The van der Waals surface area contributed by atoms with E-state index in [2.05, 4.69) is 60.7 Å². The van der Waals surface area contributed by atoms with E-state index < -0.39 is 10.1 Å². The second-order valence-corrected chi connectivity index (χ2v) is 9.36. The van der Waals surface area contributed by atoms with Gasteiger partial charge in [-0.05, 0) is 82.0 Å². The minimum Gasteiger partial charge on any atom is -0.282 e. The number of benzene rings is 4. The number of fused-ring (bicyclic) bond motifs is 1. The van der Waals surface area contributed by atoms with Gasteiger partial charge >= 0.3 is 0 Å². The van der Waals surface area contributed by atoms with Crippen LogP contribution in [0.5, 0.6) is 0 Å². The van der Waals surface area contributed by atoms with E-state index in [1.807, 2.05) is 12.1 Å². The van der Waals surface area contributed by atoms with Gasteiger partial charge in [0.15, 0.2) is 0 Å². The van der Waals surface area contributed by atoms with Crippen molar-refractivity contribution in [2.75, 3.05) is 0 Å². The van der Waals surface area contributed by atoms with Crippen LogP contribution in [0.25, 0.3) is 21.9 Å². The van der Waals surface area contributed by atoms with Gasteiger partial charge in [-0.1, -0.05) is 66.7 Å². The van der Waals surface area contributed by atoms with Crippen molar-refractivity contribution >= 4 is 20.9 Å². The highest BCUT2D eigenvalue weighted by molar-refractivity contribution is 7.85. The maximum absolute atomic E-state index is 11.9. The molecule has 4 aliphatic rings. The van der Waals surface area contributed by atoms with Gasteiger partial charge in [0.1, 0.15) is 0 Å². The minimum absolute atomic E-state index is 0.0461. The van der Waals surface area contributed by atoms with Gasteiger partial charge in [0.05, 0.1) is 4.90 Å². The quantitative estimate of drug-likeness (QED) is 0.432. The molecule has 3 nitrogen and oxygen atoms in total. The van der Waals surface area contributed by atoms with Crippen LogP contribution in [-0.2, 0) is 35.8 Å². The molecule has 4 aromatic rings. The molecule has 0 amide bonds. The lowest BCUT2D eigenvalue weighted by molar-refractivity contribution is 0.482. The molecule has 0 aromatic heterocycles. The second-order valence-electron chi connectivity index (χ2n) is 7.97. The summed E-state index contributed by atoms with van der Waals surface area (Å²) in [5.74, 6) is 0. The summed E-state index contributed by atoms with van der Waals surface area (Å²) >= 11 is 0. The lowest BCUT2D eigenvalue weighted by atomic mass is 9.90. The van der Waals surface area contributed by atoms with E-state index in [1.165, 1.54) is 27.5 Å². The number of hydrogen-bond acceptors (Lipinski definition) is 2. The van der Waals surface area contributed by atoms with Gasteiger partial charge in [-0.2, -0.15) is 8.42 Å². The lowest BCUT2D eigenvalue weighted by Crippen LogP contribution is -2.07. The van der Waals surface area contributed by atoms with Crippen LogP contribution >= 0.6 is 0 Å². The van der Waals surface area contributed by atoms with E-state index in [0.29, 0.717) is 24.8 Å². The van der Waals surface area contributed by atoms with Gasteiger partial charge in [0.2, 0.25) is 0 Å². The Labute approximate surface area is 176 Å². The highest BCUT2D eigenvalue weighted by Crippen LogP contribution is 2.31. The van der Waals surface area contributed by atoms with Crippen molar-refractivity contribution in [2.45, 2.75) is 30.6 Å². The van der Waals surface area contributed by atoms with Crippen LogP contribution in [-0.4, -0.2) is 13.0 Å². The zero-order valence-electron chi connectivity index (χ0n) is 16.5. The standard InChI is InChI=1S/C26H22O3S/c27-30(28,29)26-16-19-6-10-21-9-5-18(7-11-22(26)12-8-19)15-25(21)24-14-13-20-3-1-2-4-23(20)17-24/h1-5,8-9,12-17H,6-7,10-11H2,(H,27,28,29). The Bertz CT molecular complexity index is 1370. The molecule has 0 radical (unpaired) electrons. The lowest BCUT2D eigenvalue weighted by Gasteiger charge is -2.16. The Kier molecular flexibility index (Phi) is 4.69. The average molecular weight is 415 g/mol. The van der Waals surface area contributed by atoms with Crippen molar-refractivity contribution in [3.8, 4) is 11.1 Å². The van der Waals surface area contributed by atoms with E-state index in [1.54, 1.807) is 6.07 Å². The van der Waals surface area contributed by atoms with Crippen molar-refractivity contribution in [1.82, 2.24) is 0 Å². The summed E-state index contributed by atoms with van der Waals surface area (Å²) in [6.07, 6.45) is 2.78. The first kappa shape index (κ1) is 19.0. The number of hydrogen-bond donors (Lipinski definition) is 1. The first-order chi connectivity index (χ1) is 14.5. The normalized spacial score (nSPS) is 13.9. The molecule has 30 heavy (non-hydrogen) atoms. The van der Waals surface area contributed by atoms with Crippen LogP contribution in [0.4, 0.5) is 0 Å². The molecule has 4 heteroatoms. The van der Waals surface area contributed by atoms with E-state index in [0.717, 1.165) is 17.5 Å². The topological polar surface area (TPSA) is 54.4 Å². The Morgan fingerprint density at radius 1 is 0.633 bits per heavy atom. The maximum Gasteiger partial charge on any atom is 0.294 e. The molecule has 0 saturated carbocycles. The molecule has 1 N–H and O–H groups in total. The van der Waals surface area contributed by atoms with Crippen molar-refractivity contribution in [3.63, 3.8) is 0 Å². The number of aryl methyl sites for hydroxylation is 4. The Balaban J connectivity index is 1.60. The highest BCUT2D eigenvalue weighted by Gasteiger charge is 2.18. The molecule has 0 aliphatic heterocycles. The van der Waals surface area contributed by atoms with Crippen molar-refractivity contribution in [2.24, 2.45) is 0 Å². The van der Waals surface area contributed by atoms with Gasteiger partial charge in [-0.3, -0.25) is 4.55 Å². The van der Waals surface area contributed by atoms with Gasteiger partial charge < -0.3 is 0 Å². The zero-order chi connectivity index (χ0) is 20.7. The van der Waals surface area contributed by atoms with E-state index in [9.17, 15) is 13.0 Å². The summed E-state index contributed by atoms with van der Waals surface area (Å²) in [6, 6.07) is 27.0. The third kappa shape index (κ3) is 3.64. The molecule has 0 unspecified atom stereocenters. The largest absolute Gasteiger partial charge is 0.294 e. The van der Waals surface area contributed by atoms with Crippen LogP contribution in [0.2, 0.25) is 0 Å². The van der Waals surface area contributed by atoms with Crippen molar-refractivity contribution in [3.05, 3.63) is 101 Å². The predicted octanol–water partition coefficient (Wildman–Crippen LogP) is 5.64. The molecule has 4 aromatic carbocycles. The smallest absolute Gasteiger partial charge is 0.282 e. The second kappa shape index (κ2) is 7.38. The Hall–Kier alpha value is -2.95. The Morgan fingerprint density at radius 2 is 1.30 bits per heavy atom. The van der Waals surface area contributed by atoms with Gasteiger partial charge in [0, 0.05) is 0 Å². The van der Waals surface area contributed by atoms with E-state index in [4.69, 9.17) is 0 Å². The monoisotopic (exact) mass is 414 g/mol. The zero-order valence-corrected chi connectivity index (χ0v) is 17.3. The molecule has 4 bridgehead atoms. The van der Waals surface area contributed by atoms with Gasteiger partial charge in [-0.25, -0.2) is 0 Å². The maximum atomic E-state index is 11.9. The summed E-state index contributed by atoms with van der Waals surface area (Å²) < 4.78 is 33.4. The van der Waals surface area contributed by atoms with Crippen LogP contribution in [0.15, 0.2) is 83.8 Å². The predicted molar refractivity (Wildman–Crippen MR) is 120 cm³/mol. The molecule has 0 spiro atoms. The molecule has 150 valence electrons. The van der Waals surface area contributed by atoms with Crippen molar-refractivity contribution < 1.29 is 13.0 Å². The first-order valence-electron chi connectivity index (χ1n) is 10.2. The molecule has 0 atom stereocenters. The molecular formula is C26H22O3S.